The Balaban J connectivity index is 1.86. The van der Waals surface area contributed by atoms with Gasteiger partial charge in [-0.05, 0) is 50.6 Å². The lowest BCUT2D eigenvalue weighted by atomic mass is 10.2. The Hall–Kier alpha value is -2.74. The zero-order valence-electron chi connectivity index (χ0n) is 16.0. The van der Waals surface area contributed by atoms with E-state index in [-0.39, 0.29) is 10.8 Å². The number of sulfonamides is 1. The number of nitrogens with one attached hydrogen (secondary N) is 1. The number of carbonyl (C=O) groups excluding carboxylic acids is 1. The number of benzene rings is 2. The predicted octanol–water partition coefficient (Wildman–Crippen LogP) is 3.41. The summed E-state index contributed by atoms with van der Waals surface area (Å²) < 4.78 is 39.2. The van der Waals surface area contributed by atoms with Crippen molar-refractivity contribution in [2.45, 2.75) is 31.6 Å². The van der Waals surface area contributed by atoms with Crippen LogP contribution in [0.3, 0.4) is 0 Å². The van der Waals surface area contributed by atoms with Crippen LogP contribution in [0.25, 0.3) is 0 Å². The van der Waals surface area contributed by atoms with E-state index in [1.165, 1.54) is 12.1 Å². The fraction of sp³-hybridized carbons (Fsp3) is 0.350. The molecule has 0 bridgehead atoms. The Morgan fingerprint density at radius 2 is 1.79 bits per heavy atom. The Morgan fingerprint density at radius 1 is 1.04 bits per heavy atom. The monoisotopic (exact) mass is 404 g/mol. The van der Waals surface area contributed by atoms with Crippen molar-refractivity contribution in [3.05, 3.63) is 42.5 Å². The summed E-state index contributed by atoms with van der Waals surface area (Å²) in [6, 6.07) is 11.4. The van der Waals surface area contributed by atoms with Crippen LogP contribution < -0.4 is 19.1 Å². The molecule has 7 nitrogen and oxygen atoms in total. The summed E-state index contributed by atoms with van der Waals surface area (Å²) in [5.41, 5.74) is 1.08. The molecule has 0 atom stereocenters. The number of carbonyl (C=O) groups is 1. The molecule has 0 aliphatic carbocycles. The first-order valence-corrected chi connectivity index (χ1v) is 10.8. The lowest BCUT2D eigenvalue weighted by Gasteiger charge is -2.17. The molecule has 0 radical (unpaired) electrons. The SMILES string of the molecule is CCOc1ccc(S(=O)(=O)Nc2cccc(N3CCCC3=O)c2)cc1OCC. The third-order valence-corrected chi connectivity index (χ3v) is 5.69. The second-order valence-electron chi connectivity index (χ2n) is 6.28. The van der Waals surface area contributed by atoms with Crippen molar-refractivity contribution in [3.63, 3.8) is 0 Å². The van der Waals surface area contributed by atoms with Crippen LogP contribution >= 0.6 is 0 Å². The minimum atomic E-state index is -3.83. The number of nitrogens with zero attached hydrogens (tertiary/aromatic N) is 1. The first-order chi connectivity index (χ1) is 13.4. The van der Waals surface area contributed by atoms with E-state index in [2.05, 4.69) is 4.72 Å². The second-order valence-corrected chi connectivity index (χ2v) is 7.96. The van der Waals surface area contributed by atoms with Gasteiger partial charge in [0.25, 0.3) is 10.0 Å². The molecular weight excluding hydrogens is 380 g/mol. The smallest absolute Gasteiger partial charge is 0.262 e. The van der Waals surface area contributed by atoms with Crippen molar-refractivity contribution in [3.8, 4) is 11.5 Å². The maximum absolute atomic E-state index is 12.8. The highest BCUT2D eigenvalue weighted by atomic mass is 32.2. The molecule has 1 N–H and O–H groups in total. The molecule has 0 unspecified atom stereocenters. The lowest BCUT2D eigenvalue weighted by Crippen LogP contribution is -2.23. The molecule has 2 aromatic rings. The maximum atomic E-state index is 12.8. The summed E-state index contributed by atoms with van der Waals surface area (Å²) >= 11 is 0. The summed E-state index contributed by atoms with van der Waals surface area (Å²) in [4.78, 5) is 13.7. The number of ether oxygens (including phenoxy) is 2. The number of amides is 1. The molecular formula is C20H24N2O5S. The number of hydrogen-bond donors (Lipinski definition) is 1. The van der Waals surface area contributed by atoms with Gasteiger partial charge < -0.3 is 14.4 Å². The van der Waals surface area contributed by atoms with Crippen LogP contribution in [0.5, 0.6) is 11.5 Å². The van der Waals surface area contributed by atoms with E-state index in [1.54, 1.807) is 35.2 Å². The molecule has 1 heterocycles. The molecule has 1 saturated heterocycles. The topological polar surface area (TPSA) is 84.9 Å². The standard InChI is InChI=1S/C20H24N2O5S/c1-3-26-18-11-10-17(14-19(18)27-4-2)28(24,25)21-15-7-5-8-16(13-15)22-12-6-9-20(22)23/h5,7-8,10-11,13-14,21H,3-4,6,9,12H2,1-2H3. The Morgan fingerprint density at radius 3 is 2.46 bits per heavy atom. The van der Waals surface area contributed by atoms with Gasteiger partial charge in [-0.2, -0.15) is 0 Å². The Bertz CT molecular complexity index is 959. The van der Waals surface area contributed by atoms with Crippen molar-refractivity contribution >= 4 is 27.3 Å². The largest absolute Gasteiger partial charge is 0.490 e. The van der Waals surface area contributed by atoms with Crippen molar-refractivity contribution in [2.24, 2.45) is 0 Å². The van der Waals surface area contributed by atoms with Crippen LogP contribution in [0.4, 0.5) is 11.4 Å². The van der Waals surface area contributed by atoms with Crippen molar-refractivity contribution in [1.29, 1.82) is 0 Å². The minimum Gasteiger partial charge on any atom is -0.490 e. The molecule has 0 aromatic heterocycles. The summed E-state index contributed by atoms with van der Waals surface area (Å²) in [5, 5.41) is 0. The van der Waals surface area contributed by atoms with Gasteiger partial charge in [-0.3, -0.25) is 9.52 Å². The Labute approximate surface area is 165 Å². The van der Waals surface area contributed by atoms with Gasteiger partial charge in [0.2, 0.25) is 5.91 Å². The van der Waals surface area contributed by atoms with E-state index in [1.807, 2.05) is 13.8 Å². The lowest BCUT2D eigenvalue weighted by molar-refractivity contribution is -0.117. The summed E-state index contributed by atoms with van der Waals surface area (Å²) in [7, 11) is -3.83. The molecule has 3 rings (SSSR count). The Kier molecular flexibility index (Phi) is 6.08. The van der Waals surface area contributed by atoms with E-state index in [4.69, 9.17) is 9.47 Å². The third kappa shape index (κ3) is 4.39. The van der Waals surface area contributed by atoms with E-state index < -0.39 is 10.0 Å². The van der Waals surface area contributed by atoms with Gasteiger partial charge in [-0.1, -0.05) is 6.07 Å². The zero-order chi connectivity index (χ0) is 20.1. The van der Waals surface area contributed by atoms with Crippen LogP contribution in [-0.4, -0.2) is 34.1 Å². The molecule has 0 spiro atoms. The average Bonchev–Trinajstić information content (AvgIpc) is 3.09. The zero-order valence-corrected chi connectivity index (χ0v) is 16.8. The first kappa shape index (κ1) is 20.0. The van der Waals surface area contributed by atoms with Crippen molar-refractivity contribution in [2.75, 3.05) is 29.4 Å². The van der Waals surface area contributed by atoms with Crippen LogP contribution in [0, 0.1) is 0 Å². The molecule has 1 aliphatic rings. The average molecular weight is 404 g/mol. The maximum Gasteiger partial charge on any atom is 0.262 e. The quantitative estimate of drug-likeness (QED) is 0.729. The molecule has 1 amide bonds. The summed E-state index contributed by atoms with van der Waals surface area (Å²) in [6.45, 7) is 5.15. The highest BCUT2D eigenvalue weighted by molar-refractivity contribution is 7.92. The second kappa shape index (κ2) is 8.52. The van der Waals surface area contributed by atoms with Gasteiger partial charge in [0, 0.05) is 24.7 Å². The van der Waals surface area contributed by atoms with Gasteiger partial charge in [-0.15, -0.1) is 0 Å². The molecule has 1 aliphatic heterocycles. The normalized spacial score (nSPS) is 14.2. The van der Waals surface area contributed by atoms with E-state index >= 15 is 0 Å². The number of anilines is 2. The van der Waals surface area contributed by atoms with Gasteiger partial charge >= 0.3 is 0 Å². The molecule has 0 saturated carbocycles. The van der Waals surface area contributed by atoms with Crippen LogP contribution in [0.1, 0.15) is 26.7 Å². The molecule has 28 heavy (non-hydrogen) atoms. The third-order valence-electron chi connectivity index (χ3n) is 4.31. The summed E-state index contributed by atoms with van der Waals surface area (Å²) in [6.07, 6.45) is 1.32. The fourth-order valence-electron chi connectivity index (χ4n) is 3.07. The van der Waals surface area contributed by atoms with E-state index in [0.29, 0.717) is 49.1 Å². The fourth-order valence-corrected chi connectivity index (χ4v) is 4.14. The molecule has 1 fully saturated rings. The van der Waals surface area contributed by atoms with Crippen LogP contribution in [-0.2, 0) is 14.8 Å². The first-order valence-electron chi connectivity index (χ1n) is 9.27. The summed E-state index contributed by atoms with van der Waals surface area (Å²) in [5.74, 6) is 0.925. The van der Waals surface area contributed by atoms with Crippen molar-refractivity contribution in [1.82, 2.24) is 0 Å². The van der Waals surface area contributed by atoms with Gasteiger partial charge in [-0.25, -0.2) is 8.42 Å². The van der Waals surface area contributed by atoms with Gasteiger partial charge in [0.05, 0.1) is 23.8 Å². The highest BCUT2D eigenvalue weighted by Gasteiger charge is 2.23. The molecule has 2 aromatic carbocycles. The molecule has 150 valence electrons. The van der Waals surface area contributed by atoms with Gasteiger partial charge in [0.15, 0.2) is 11.5 Å². The predicted molar refractivity (Wildman–Crippen MR) is 108 cm³/mol. The van der Waals surface area contributed by atoms with Crippen molar-refractivity contribution < 1.29 is 22.7 Å². The number of hydrogen-bond acceptors (Lipinski definition) is 5. The molecule has 8 heteroatoms. The van der Waals surface area contributed by atoms with Crippen LogP contribution in [0.2, 0.25) is 0 Å². The van der Waals surface area contributed by atoms with Gasteiger partial charge in [0.1, 0.15) is 0 Å². The van der Waals surface area contributed by atoms with E-state index in [9.17, 15) is 13.2 Å². The number of rotatable bonds is 8. The minimum absolute atomic E-state index is 0.0490. The van der Waals surface area contributed by atoms with Crippen LogP contribution in [0.15, 0.2) is 47.4 Å². The highest BCUT2D eigenvalue weighted by Crippen LogP contribution is 2.31. The van der Waals surface area contributed by atoms with E-state index in [0.717, 1.165) is 6.42 Å².